The van der Waals surface area contributed by atoms with Gasteiger partial charge in [0.15, 0.2) is 0 Å². The van der Waals surface area contributed by atoms with E-state index in [1.54, 1.807) is 20.0 Å². The molecule has 0 saturated heterocycles. The number of hydrogen-bond donors (Lipinski definition) is 3. The van der Waals surface area contributed by atoms with Gasteiger partial charge in [-0.1, -0.05) is 6.92 Å². The molecule has 2 amide bonds. The maximum absolute atomic E-state index is 11.7. The molecule has 1 aromatic rings. The number of carboxylic acid groups (broad SMARTS) is 1. The van der Waals surface area contributed by atoms with Crippen molar-refractivity contribution in [2.45, 2.75) is 38.8 Å². The molecule has 1 rings (SSSR count). The summed E-state index contributed by atoms with van der Waals surface area (Å²) in [6.45, 7) is 4.98. The predicted molar refractivity (Wildman–Crippen MR) is 68.5 cm³/mol. The molecule has 0 saturated carbocycles. The normalized spacial score (nSPS) is 15.5. The summed E-state index contributed by atoms with van der Waals surface area (Å²) in [4.78, 5) is 26.8. The molecule has 0 fully saturated rings. The second-order valence-corrected chi connectivity index (χ2v) is 5.11. The van der Waals surface area contributed by atoms with Crippen LogP contribution in [0.3, 0.4) is 0 Å². The lowest BCUT2D eigenvalue weighted by atomic mass is 10.00. The smallest absolute Gasteiger partial charge is 0.329 e. The number of rotatable bonds is 5. The number of hydrogen-bond acceptors (Lipinski definition) is 4. The summed E-state index contributed by atoms with van der Waals surface area (Å²) in [5.41, 5.74) is -1.26. The largest absolute Gasteiger partial charge is 0.480 e. The van der Waals surface area contributed by atoms with Crippen molar-refractivity contribution in [1.29, 1.82) is 0 Å². The van der Waals surface area contributed by atoms with Crippen LogP contribution >= 0.6 is 11.3 Å². The first kappa shape index (κ1) is 14.4. The Hall–Kier alpha value is -1.63. The van der Waals surface area contributed by atoms with E-state index in [1.807, 2.05) is 5.38 Å². The third-order valence-electron chi connectivity index (χ3n) is 2.74. The number of carboxylic acids is 1. The standard InChI is InChI=1S/C11H17N3O3S/c1-4-11(3,9(15)16)14-10(17)13-7(2)8-12-5-6-18-8/h5-7H,4H2,1-3H3,(H,15,16)(H2,13,14,17). The lowest BCUT2D eigenvalue weighted by Crippen LogP contribution is -2.55. The molecule has 18 heavy (non-hydrogen) atoms. The Morgan fingerprint density at radius 3 is 2.72 bits per heavy atom. The average molecular weight is 271 g/mol. The van der Waals surface area contributed by atoms with Gasteiger partial charge >= 0.3 is 12.0 Å². The van der Waals surface area contributed by atoms with Gasteiger partial charge in [0, 0.05) is 11.6 Å². The van der Waals surface area contributed by atoms with Crippen LogP contribution in [0, 0.1) is 0 Å². The van der Waals surface area contributed by atoms with Crippen molar-refractivity contribution < 1.29 is 14.7 Å². The number of carbonyl (C=O) groups excluding carboxylic acids is 1. The highest BCUT2D eigenvalue weighted by Gasteiger charge is 2.33. The number of aliphatic carboxylic acids is 1. The van der Waals surface area contributed by atoms with E-state index in [2.05, 4.69) is 15.6 Å². The van der Waals surface area contributed by atoms with Crippen molar-refractivity contribution in [2.24, 2.45) is 0 Å². The lowest BCUT2D eigenvalue weighted by molar-refractivity contribution is -0.143. The van der Waals surface area contributed by atoms with Crippen LogP contribution in [0.1, 0.15) is 38.2 Å². The fourth-order valence-corrected chi connectivity index (χ4v) is 1.93. The minimum absolute atomic E-state index is 0.250. The van der Waals surface area contributed by atoms with Gasteiger partial charge in [-0.2, -0.15) is 0 Å². The van der Waals surface area contributed by atoms with Crippen LogP contribution in [0.25, 0.3) is 0 Å². The fourth-order valence-electron chi connectivity index (χ4n) is 1.29. The zero-order valence-corrected chi connectivity index (χ0v) is 11.4. The van der Waals surface area contributed by atoms with Crippen molar-refractivity contribution in [1.82, 2.24) is 15.6 Å². The van der Waals surface area contributed by atoms with Gasteiger partial charge in [-0.25, -0.2) is 14.6 Å². The number of thiazole rings is 1. The van der Waals surface area contributed by atoms with Crippen LogP contribution in [0.15, 0.2) is 11.6 Å². The summed E-state index contributed by atoms with van der Waals surface area (Å²) in [6.07, 6.45) is 1.96. The molecule has 100 valence electrons. The summed E-state index contributed by atoms with van der Waals surface area (Å²) in [7, 11) is 0. The fraction of sp³-hybridized carbons (Fsp3) is 0.545. The maximum atomic E-state index is 11.7. The molecule has 2 atom stereocenters. The van der Waals surface area contributed by atoms with Crippen LogP contribution in [0.2, 0.25) is 0 Å². The summed E-state index contributed by atoms with van der Waals surface area (Å²) in [5.74, 6) is -1.05. The number of nitrogens with zero attached hydrogens (tertiary/aromatic N) is 1. The molecule has 0 aliphatic heterocycles. The zero-order valence-electron chi connectivity index (χ0n) is 10.6. The Labute approximate surface area is 109 Å². The molecule has 0 radical (unpaired) electrons. The van der Waals surface area contributed by atoms with Crippen molar-refractivity contribution in [3.05, 3.63) is 16.6 Å². The first-order valence-corrected chi connectivity index (χ1v) is 6.48. The summed E-state index contributed by atoms with van der Waals surface area (Å²) in [6, 6.07) is -0.760. The van der Waals surface area contributed by atoms with Gasteiger partial charge in [0.25, 0.3) is 0 Å². The van der Waals surface area contributed by atoms with Gasteiger partial charge in [-0.3, -0.25) is 0 Å². The number of amides is 2. The molecule has 7 heteroatoms. The highest BCUT2D eigenvalue weighted by Crippen LogP contribution is 2.15. The first-order chi connectivity index (χ1) is 8.39. The molecule has 0 spiro atoms. The van der Waals surface area contributed by atoms with E-state index < -0.39 is 17.5 Å². The molecule has 0 aliphatic carbocycles. The Morgan fingerprint density at radius 1 is 1.61 bits per heavy atom. The van der Waals surface area contributed by atoms with E-state index in [0.717, 1.165) is 5.01 Å². The van der Waals surface area contributed by atoms with E-state index in [1.165, 1.54) is 18.3 Å². The minimum atomic E-state index is -1.26. The van der Waals surface area contributed by atoms with Crippen LogP contribution in [0.5, 0.6) is 0 Å². The second kappa shape index (κ2) is 5.81. The molecule has 2 unspecified atom stereocenters. The van der Waals surface area contributed by atoms with Crippen LogP contribution < -0.4 is 10.6 Å². The molecule has 0 bridgehead atoms. The Bertz CT molecular complexity index is 421. The monoisotopic (exact) mass is 271 g/mol. The summed E-state index contributed by atoms with van der Waals surface area (Å²) < 4.78 is 0. The number of carbonyl (C=O) groups is 2. The Balaban J connectivity index is 2.59. The van der Waals surface area contributed by atoms with E-state index in [0.29, 0.717) is 6.42 Å². The topological polar surface area (TPSA) is 91.3 Å². The first-order valence-electron chi connectivity index (χ1n) is 5.60. The minimum Gasteiger partial charge on any atom is -0.480 e. The molecule has 3 N–H and O–H groups in total. The highest BCUT2D eigenvalue weighted by atomic mass is 32.1. The SMILES string of the molecule is CCC(C)(NC(=O)NC(C)c1nccs1)C(=O)O. The lowest BCUT2D eigenvalue weighted by Gasteiger charge is -2.25. The van der Waals surface area contributed by atoms with Crippen LogP contribution in [-0.2, 0) is 4.79 Å². The van der Waals surface area contributed by atoms with E-state index >= 15 is 0 Å². The third kappa shape index (κ3) is 3.43. The van der Waals surface area contributed by atoms with Crippen molar-refractivity contribution in [3.63, 3.8) is 0 Å². The van der Waals surface area contributed by atoms with Gasteiger partial charge in [-0.05, 0) is 20.3 Å². The number of aromatic nitrogens is 1. The molecule has 1 aromatic heterocycles. The van der Waals surface area contributed by atoms with Gasteiger partial charge < -0.3 is 15.7 Å². The Morgan fingerprint density at radius 2 is 2.28 bits per heavy atom. The van der Waals surface area contributed by atoms with Crippen molar-refractivity contribution in [3.8, 4) is 0 Å². The Kier molecular flexibility index (Phi) is 4.66. The van der Waals surface area contributed by atoms with Gasteiger partial charge in [-0.15, -0.1) is 11.3 Å². The van der Waals surface area contributed by atoms with Crippen molar-refractivity contribution in [2.75, 3.05) is 0 Å². The van der Waals surface area contributed by atoms with E-state index in [-0.39, 0.29) is 6.04 Å². The van der Waals surface area contributed by atoms with Crippen LogP contribution in [-0.4, -0.2) is 27.6 Å². The third-order valence-corrected chi connectivity index (χ3v) is 3.70. The summed E-state index contributed by atoms with van der Waals surface area (Å²) in [5, 5.41) is 16.8. The zero-order chi connectivity index (χ0) is 13.8. The van der Waals surface area contributed by atoms with E-state index in [9.17, 15) is 9.59 Å². The number of urea groups is 1. The highest BCUT2D eigenvalue weighted by molar-refractivity contribution is 7.09. The molecule has 1 heterocycles. The van der Waals surface area contributed by atoms with Gasteiger partial charge in [0.2, 0.25) is 0 Å². The van der Waals surface area contributed by atoms with Gasteiger partial charge in [0.1, 0.15) is 10.5 Å². The average Bonchev–Trinajstić information content (AvgIpc) is 2.81. The van der Waals surface area contributed by atoms with Crippen molar-refractivity contribution >= 4 is 23.3 Å². The maximum Gasteiger partial charge on any atom is 0.329 e. The molecular weight excluding hydrogens is 254 g/mol. The number of nitrogens with one attached hydrogen (secondary N) is 2. The molecule has 6 nitrogen and oxygen atoms in total. The van der Waals surface area contributed by atoms with Gasteiger partial charge in [0.05, 0.1) is 6.04 Å². The molecule has 0 aromatic carbocycles. The molecule has 0 aliphatic rings. The predicted octanol–water partition coefficient (Wildman–Crippen LogP) is 1.76. The van der Waals surface area contributed by atoms with Crippen LogP contribution in [0.4, 0.5) is 4.79 Å². The summed E-state index contributed by atoms with van der Waals surface area (Å²) >= 11 is 1.43. The molecular formula is C11H17N3O3S. The quantitative estimate of drug-likeness (QED) is 0.761. The van der Waals surface area contributed by atoms with E-state index in [4.69, 9.17) is 5.11 Å². The second-order valence-electron chi connectivity index (χ2n) is 4.18.